The predicted octanol–water partition coefficient (Wildman–Crippen LogP) is 6.36. The topological polar surface area (TPSA) is 55.1 Å². The number of nitrogens with zero attached hydrogens (tertiary/aromatic N) is 4. The molecule has 0 atom stereocenters. The van der Waals surface area contributed by atoms with Gasteiger partial charge in [-0.25, -0.2) is 4.98 Å². The Morgan fingerprint density at radius 2 is 1.61 bits per heavy atom. The van der Waals surface area contributed by atoms with Crippen LogP contribution in [0.2, 0.25) is 0 Å². The van der Waals surface area contributed by atoms with E-state index in [4.69, 9.17) is 0 Å². The van der Waals surface area contributed by atoms with E-state index in [1.54, 1.807) is 13.0 Å². The first-order valence-corrected chi connectivity index (χ1v) is 10.3. The molecule has 0 radical (unpaired) electrons. The van der Waals surface area contributed by atoms with Crippen LogP contribution in [0.25, 0.3) is 5.78 Å². The molecular weight excluding hydrogens is 401 g/mol. The van der Waals surface area contributed by atoms with Crippen LogP contribution in [0.3, 0.4) is 0 Å². The largest absolute Gasteiger partial charge is 0.366 e. The van der Waals surface area contributed by atoms with Gasteiger partial charge in [0, 0.05) is 18.3 Å². The van der Waals surface area contributed by atoms with E-state index in [2.05, 4.69) is 41.2 Å². The van der Waals surface area contributed by atoms with E-state index in [1.165, 1.54) is 10.8 Å². The number of benzene rings is 1. The Morgan fingerprint density at radius 1 is 1.04 bits per heavy atom. The predicted molar refractivity (Wildman–Crippen MR) is 101 cm³/mol. The number of halogens is 5. The second kappa shape index (κ2) is 6.87. The van der Waals surface area contributed by atoms with Crippen LogP contribution >= 0.6 is 10.2 Å². The molecule has 0 spiro atoms. The Hall–Kier alpha value is -2.43. The van der Waals surface area contributed by atoms with E-state index in [9.17, 15) is 19.4 Å². The van der Waals surface area contributed by atoms with E-state index in [0.717, 1.165) is 18.1 Å². The minimum atomic E-state index is -9.63. The summed E-state index contributed by atoms with van der Waals surface area (Å²) >= 11 is 0. The fourth-order valence-corrected chi connectivity index (χ4v) is 2.76. The highest BCUT2D eigenvalue weighted by Crippen LogP contribution is 3.02. The summed E-state index contributed by atoms with van der Waals surface area (Å²) in [4.78, 5) is 6.19. The minimum absolute atomic E-state index is 0.124. The lowest BCUT2D eigenvalue weighted by molar-refractivity contribution is 0.364. The second-order valence-corrected chi connectivity index (χ2v) is 9.36. The van der Waals surface area contributed by atoms with Crippen molar-refractivity contribution in [1.29, 1.82) is 0 Å². The summed E-state index contributed by atoms with van der Waals surface area (Å²) in [6.07, 6.45) is 1.32. The molecule has 156 valence electrons. The van der Waals surface area contributed by atoms with Gasteiger partial charge in [0.05, 0.1) is 0 Å². The van der Waals surface area contributed by atoms with Gasteiger partial charge in [0.25, 0.3) is 5.78 Å². The van der Waals surface area contributed by atoms with Gasteiger partial charge in [0.1, 0.15) is 17.0 Å². The standard InChI is InChI=1S/C13H12F5N5S.C4H10/c1-9-6-12(23-13(22-9)20-8-21-23)19-7-10-2-4-11(5-3-10)24(14,15,16,17)18;1-4(2)3/h2-6,8,19H,7H2,1H3;4H,1-3H3. The molecule has 2 heterocycles. The number of nitrogens with one attached hydrogen (secondary N) is 1. The maximum Gasteiger partial charge on any atom is 0.310 e. The summed E-state index contributed by atoms with van der Waals surface area (Å²) in [6, 6.07) is 4.48. The SMILES string of the molecule is CC(C)C.Cc1cc(NCc2ccc(S(F)(F)(F)(F)F)cc2)n2ncnc2n1. The van der Waals surface area contributed by atoms with Gasteiger partial charge >= 0.3 is 10.2 Å². The summed E-state index contributed by atoms with van der Waals surface area (Å²) in [6.45, 7) is 8.38. The van der Waals surface area contributed by atoms with Crippen molar-refractivity contribution in [3.63, 3.8) is 0 Å². The van der Waals surface area contributed by atoms with Crippen molar-refractivity contribution in [3.8, 4) is 0 Å². The van der Waals surface area contributed by atoms with E-state index in [0.29, 0.717) is 35.0 Å². The first kappa shape index (κ1) is 21.9. The molecule has 0 unspecified atom stereocenters. The summed E-state index contributed by atoms with van der Waals surface area (Å²) < 4.78 is 64.8. The average Bonchev–Trinajstić information content (AvgIpc) is 2.98. The second-order valence-electron chi connectivity index (χ2n) is 6.95. The molecule has 3 aromatic rings. The molecule has 2 aromatic heterocycles. The summed E-state index contributed by atoms with van der Waals surface area (Å²) in [5.41, 5.74) is 1.08. The van der Waals surface area contributed by atoms with Crippen molar-refractivity contribution in [1.82, 2.24) is 19.6 Å². The number of hydrogen-bond donors (Lipinski definition) is 1. The maximum atomic E-state index is 12.7. The highest BCUT2D eigenvalue weighted by molar-refractivity contribution is 8.45. The van der Waals surface area contributed by atoms with Crippen LogP contribution in [0, 0.1) is 12.8 Å². The van der Waals surface area contributed by atoms with Crippen LogP contribution in [0.1, 0.15) is 32.0 Å². The summed E-state index contributed by atoms with van der Waals surface area (Å²) in [7, 11) is -9.63. The monoisotopic (exact) mass is 423 g/mol. The molecule has 0 saturated heterocycles. The molecule has 0 bridgehead atoms. The highest BCUT2D eigenvalue weighted by atomic mass is 32.5. The van der Waals surface area contributed by atoms with Crippen molar-refractivity contribution in [2.24, 2.45) is 5.92 Å². The lowest BCUT2D eigenvalue weighted by Crippen LogP contribution is -2.08. The molecule has 3 rings (SSSR count). The zero-order valence-corrected chi connectivity index (χ0v) is 16.7. The zero-order chi connectivity index (χ0) is 21.2. The van der Waals surface area contributed by atoms with Crippen molar-refractivity contribution < 1.29 is 19.4 Å². The molecule has 0 aliphatic heterocycles. The van der Waals surface area contributed by atoms with Crippen LogP contribution in [-0.4, -0.2) is 19.6 Å². The zero-order valence-electron chi connectivity index (χ0n) is 15.8. The third kappa shape index (κ3) is 6.04. The van der Waals surface area contributed by atoms with E-state index in [1.807, 2.05) is 0 Å². The Morgan fingerprint density at radius 3 is 2.14 bits per heavy atom. The highest BCUT2D eigenvalue weighted by Gasteiger charge is 2.65. The normalized spacial score (nSPS) is 14.2. The fourth-order valence-electron chi connectivity index (χ4n) is 2.11. The van der Waals surface area contributed by atoms with Gasteiger partial charge in [0.15, 0.2) is 0 Å². The maximum absolute atomic E-state index is 12.7. The van der Waals surface area contributed by atoms with Crippen LogP contribution in [0.15, 0.2) is 41.6 Å². The quantitative estimate of drug-likeness (QED) is 0.496. The molecule has 1 aromatic carbocycles. The molecule has 11 heteroatoms. The van der Waals surface area contributed by atoms with Gasteiger partial charge in [0.2, 0.25) is 0 Å². The Balaban J connectivity index is 0.000000640. The molecule has 0 aliphatic carbocycles. The van der Waals surface area contributed by atoms with Crippen molar-refractivity contribution in [2.45, 2.75) is 39.1 Å². The van der Waals surface area contributed by atoms with Gasteiger partial charge in [-0.3, -0.25) is 0 Å². The lowest BCUT2D eigenvalue weighted by atomic mass is 10.2. The number of fused-ring (bicyclic) bond motifs is 1. The molecule has 0 amide bonds. The van der Waals surface area contributed by atoms with Gasteiger partial charge in [-0.15, -0.1) is 0 Å². The molecule has 1 N–H and O–H groups in total. The van der Waals surface area contributed by atoms with Crippen molar-refractivity contribution in [2.75, 3.05) is 5.32 Å². The number of aromatic nitrogens is 4. The van der Waals surface area contributed by atoms with Crippen LogP contribution in [-0.2, 0) is 6.54 Å². The number of aryl methyl sites for hydroxylation is 1. The average molecular weight is 423 g/mol. The van der Waals surface area contributed by atoms with E-state index < -0.39 is 15.1 Å². The Kier molecular flexibility index (Phi) is 5.37. The molecular formula is C17H22F5N5S. The van der Waals surface area contributed by atoms with Crippen LogP contribution in [0.5, 0.6) is 0 Å². The third-order valence-electron chi connectivity index (χ3n) is 3.22. The third-order valence-corrected chi connectivity index (χ3v) is 4.39. The molecule has 0 aliphatic rings. The van der Waals surface area contributed by atoms with E-state index >= 15 is 0 Å². The summed E-state index contributed by atoms with van der Waals surface area (Å²) in [5, 5.41) is 6.94. The first-order chi connectivity index (χ1) is 12.7. The van der Waals surface area contributed by atoms with Gasteiger partial charge < -0.3 is 5.32 Å². The van der Waals surface area contributed by atoms with Gasteiger partial charge in [-0.2, -0.15) is 14.6 Å². The van der Waals surface area contributed by atoms with Crippen molar-refractivity contribution >= 4 is 21.8 Å². The molecule has 0 saturated carbocycles. The number of hydrogen-bond acceptors (Lipinski definition) is 4. The van der Waals surface area contributed by atoms with Crippen LogP contribution in [0.4, 0.5) is 25.2 Å². The molecule has 0 fully saturated rings. The molecule has 28 heavy (non-hydrogen) atoms. The fraction of sp³-hybridized carbons (Fsp3) is 0.353. The first-order valence-electron chi connectivity index (χ1n) is 8.40. The van der Waals surface area contributed by atoms with Crippen molar-refractivity contribution in [3.05, 3.63) is 47.9 Å². The summed E-state index contributed by atoms with van der Waals surface area (Å²) in [5.74, 6) is 1.74. The van der Waals surface area contributed by atoms with Gasteiger partial charge in [-0.1, -0.05) is 52.3 Å². The van der Waals surface area contributed by atoms with Crippen LogP contribution < -0.4 is 5.32 Å². The smallest absolute Gasteiger partial charge is 0.310 e. The number of anilines is 1. The Bertz CT molecular complexity index is 950. The molecule has 5 nitrogen and oxygen atoms in total. The Labute approximate surface area is 159 Å². The lowest BCUT2D eigenvalue weighted by Gasteiger charge is -2.40. The van der Waals surface area contributed by atoms with E-state index in [-0.39, 0.29) is 6.54 Å². The minimum Gasteiger partial charge on any atom is -0.366 e. The number of rotatable bonds is 4. The van der Waals surface area contributed by atoms with Gasteiger partial charge in [-0.05, 0) is 30.5 Å².